The molecule has 0 saturated carbocycles. The lowest BCUT2D eigenvalue weighted by atomic mass is 10.1. The number of hydrogen-bond donors (Lipinski definition) is 0. The highest BCUT2D eigenvalue weighted by Crippen LogP contribution is 2.36. The number of non-ortho nitro benzene ring substituents is 1. The summed E-state index contributed by atoms with van der Waals surface area (Å²) in [5.74, 6) is 0. The van der Waals surface area contributed by atoms with E-state index in [2.05, 4.69) is 0 Å². The lowest BCUT2D eigenvalue weighted by Gasteiger charge is -2.26. The number of benzene rings is 2. The Labute approximate surface area is 148 Å². The van der Waals surface area contributed by atoms with Gasteiger partial charge in [0.2, 0.25) is 10.0 Å². The smallest absolute Gasteiger partial charge is 0.258 e. The number of rotatable bonds is 5. The standard InChI is InChI=1S/C16H15F3N2O4S/c1-11(12-6-5-7-13(10-12)21(22)23)20(2)26(24,25)15-9-4-3-8-14(15)16(17,18)19/h3-11H,1-2H3. The molecule has 0 aliphatic rings. The molecule has 0 N–H and O–H groups in total. The van der Waals surface area contributed by atoms with Crippen molar-refractivity contribution >= 4 is 15.7 Å². The van der Waals surface area contributed by atoms with E-state index < -0.39 is 37.6 Å². The molecule has 2 aromatic carbocycles. The van der Waals surface area contributed by atoms with Gasteiger partial charge in [-0.05, 0) is 24.6 Å². The topological polar surface area (TPSA) is 80.5 Å². The van der Waals surface area contributed by atoms with Gasteiger partial charge >= 0.3 is 6.18 Å². The third-order valence-corrected chi connectivity index (χ3v) is 5.94. The number of nitro groups is 1. The van der Waals surface area contributed by atoms with Crippen LogP contribution >= 0.6 is 0 Å². The highest BCUT2D eigenvalue weighted by atomic mass is 32.2. The van der Waals surface area contributed by atoms with Gasteiger partial charge in [-0.15, -0.1) is 0 Å². The molecule has 2 aromatic rings. The Morgan fingerprint density at radius 3 is 2.31 bits per heavy atom. The Kier molecular flexibility index (Phi) is 5.38. The van der Waals surface area contributed by atoms with E-state index in [9.17, 15) is 31.7 Å². The van der Waals surface area contributed by atoms with Crippen LogP contribution in [0.2, 0.25) is 0 Å². The van der Waals surface area contributed by atoms with E-state index in [0.717, 1.165) is 23.5 Å². The first-order chi connectivity index (χ1) is 12.0. The number of nitrogens with zero attached hydrogens (tertiary/aromatic N) is 2. The van der Waals surface area contributed by atoms with Gasteiger partial charge in [0.25, 0.3) is 5.69 Å². The Morgan fingerprint density at radius 1 is 1.12 bits per heavy atom. The molecule has 0 spiro atoms. The zero-order valence-electron chi connectivity index (χ0n) is 13.8. The van der Waals surface area contributed by atoms with Crippen LogP contribution in [0.15, 0.2) is 53.4 Å². The van der Waals surface area contributed by atoms with Crippen molar-refractivity contribution in [1.29, 1.82) is 0 Å². The van der Waals surface area contributed by atoms with Crippen molar-refractivity contribution in [3.8, 4) is 0 Å². The summed E-state index contributed by atoms with van der Waals surface area (Å²) in [6.45, 7) is 1.44. The van der Waals surface area contributed by atoms with Crippen molar-refractivity contribution in [2.75, 3.05) is 7.05 Å². The quantitative estimate of drug-likeness (QED) is 0.573. The molecule has 0 fully saturated rings. The zero-order valence-corrected chi connectivity index (χ0v) is 14.6. The Morgan fingerprint density at radius 2 is 1.73 bits per heavy atom. The van der Waals surface area contributed by atoms with Crippen LogP contribution in [0.1, 0.15) is 24.1 Å². The fourth-order valence-electron chi connectivity index (χ4n) is 2.40. The lowest BCUT2D eigenvalue weighted by Crippen LogP contribution is -2.31. The normalized spacial score (nSPS) is 13.6. The Bertz CT molecular complexity index is 929. The van der Waals surface area contributed by atoms with Gasteiger partial charge in [-0.2, -0.15) is 17.5 Å². The first kappa shape index (κ1) is 19.9. The number of halogens is 3. The highest BCUT2D eigenvalue weighted by Gasteiger charge is 2.39. The minimum absolute atomic E-state index is 0.240. The SMILES string of the molecule is CC(c1cccc([N+](=O)[O-])c1)N(C)S(=O)(=O)c1ccccc1C(F)(F)F. The predicted molar refractivity (Wildman–Crippen MR) is 87.9 cm³/mol. The van der Waals surface area contributed by atoms with Crippen LogP contribution in [-0.4, -0.2) is 24.7 Å². The highest BCUT2D eigenvalue weighted by molar-refractivity contribution is 7.89. The van der Waals surface area contributed by atoms with Crippen molar-refractivity contribution < 1.29 is 26.5 Å². The van der Waals surface area contributed by atoms with Gasteiger partial charge < -0.3 is 0 Å². The van der Waals surface area contributed by atoms with Gasteiger partial charge in [-0.3, -0.25) is 10.1 Å². The van der Waals surface area contributed by atoms with Crippen LogP contribution in [0.4, 0.5) is 18.9 Å². The molecule has 0 aliphatic heterocycles. The lowest BCUT2D eigenvalue weighted by molar-refractivity contribution is -0.384. The minimum Gasteiger partial charge on any atom is -0.258 e. The van der Waals surface area contributed by atoms with Crippen molar-refractivity contribution in [2.45, 2.75) is 24.0 Å². The van der Waals surface area contributed by atoms with E-state index in [1.54, 1.807) is 0 Å². The maximum absolute atomic E-state index is 13.2. The molecule has 0 aliphatic carbocycles. The van der Waals surface area contributed by atoms with Crippen molar-refractivity contribution in [1.82, 2.24) is 4.31 Å². The van der Waals surface area contributed by atoms with Crippen LogP contribution in [0.3, 0.4) is 0 Å². The van der Waals surface area contributed by atoms with Crippen LogP contribution in [0.25, 0.3) is 0 Å². The molecular formula is C16H15F3N2O4S. The summed E-state index contributed by atoms with van der Waals surface area (Å²) >= 11 is 0. The second-order valence-electron chi connectivity index (χ2n) is 5.54. The molecule has 1 unspecified atom stereocenters. The summed E-state index contributed by atoms with van der Waals surface area (Å²) in [7, 11) is -3.36. The molecule has 2 rings (SSSR count). The second kappa shape index (κ2) is 7.04. The van der Waals surface area contributed by atoms with Crippen molar-refractivity contribution in [3.63, 3.8) is 0 Å². The summed E-state index contributed by atoms with van der Waals surface area (Å²) in [5, 5.41) is 10.9. The Hall–Kier alpha value is -2.46. The largest absolute Gasteiger partial charge is 0.417 e. The average Bonchev–Trinajstić information content (AvgIpc) is 2.59. The van der Waals surface area contributed by atoms with Gasteiger partial charge in [0.1, 0.15) is 0 Å². The first-order valence-corrected chi connectivity index (χ1v) is 8.79. The van der Waals surface area contributed by atoms with Crippen LogP contribution in [0.5, 0.6) is 0 Å². The van der Waals surface area contributed by atoms with E-state index in [4.69, 9.17) is 0 Å². The number of sulfonamides is 1. The predicted octanol–water partition coefficient (Wildman–Crippen LogP) is 4.00. The summed E-state index contributed by atoms with van der Waals surface area (Å²) in [5.41, 5.74) is -1.22. The molecule has 0 aromatic heterocycles. The zero-order chi connectivity index (χ0) is 19.7. The van der Waals surface area contributed by atoms with E-state index in [0.29, 0.717) is 6.07 Å². The monoisotopic (exact) mass is 388 g/mol. The second-order valence-corrected chi connectivity index (χ2v) is 7.51. The van der Waals surface area contributed by atoms with Crippen LogP contribution in [0, 0.1) is 10.1 Å². The molecule has 0 amide bonds. The number of alkyl halides is 3. The van der Waals surface area contributed by atoms with Gasteiger partial charge in [-0.1, -0.05) is 24.3 Å². The maximum atomic E-state index is 13.2. The summed E-state index contributed by atoms with van der Waals surface area (Å²) in [4.78, 5) is 9.36. The first-order valence-electron chi connectivity index (χ1n) is 7.35. The average molecular weight is 388 g/mol. The third-order valence-electron chi connectivity index (χ3n) is 3.96. The van der Waals surface area contributed by atoms with Crippen molar-refractivity contribution in [3.05, 3.63) is 69.8 Å². The van der Waals surface area contributed by atoms with E-state index in [1.165, 1.54) is 37.3 Å². The Balaban J connectivity index is 2.47. The van der Waals surface area contributed by atoms with Crippen LogP contribution < -0.4 is 0 Å². The summed E-state index contributed by atoms with van der Waals surface area (Å²) < 4.78 is 65.7. The van der Waals surface area contributed by atoms with Crippen molar-refractivity contribution in [2.24, 2.45) is 0 Å². The molecule has 0 bridgehead atoms. The minimum atomic E-state index is -4.83. The molecule has 6 nitrogen and oxygen atoms in total. The van der Waals surface area contributed by atoms with Gasteiger partial charge in [0.05, 0.1) is 15.4 Å². The van der Waals surface area contributed by atoms with Crippen LogP contribution in [-0.2, 0) is 16.2 Å². The fourth-order valence-corrected chi connectivity index (χ4v) is 3.96. The number of nitro benzene ring substituents is 1. The molecule has 26 heavy (non-hydrogen) atoms. The molecule has 0 saturated heterocycles. The molecular weight excluding hydrogens is 373 g/mol. The molecule has 0 heterocycles. The molecule has 10 heteroatoms. The van der Waals surface area contributed by atoms with Gasteiger partial charge in [-0.25, -0.2) is 8.42 Å². The maximum Gasteiger partial charge on any atom is 0.417 e. The van der Waals surface area contributed by atoms with Gasteiger partial charge in [0.15, 0.2) is 0 Å². The van der Waals surface area contributed by atoms with Gasteiger partial charge in [0, 0.05) is 25.2 Å². The summed E-state index contributed by atoms with van der Waals surface area (Å²) in [6.07, 6.45) is -4.83. The molecule has 1 atom stereocenters. The molecule has 140 valence electrons. The summed E-state index contributed by atoms with van der Waals surface area (Å²) in [6, 6.07) is 8.25. The fraction of sp³-hybridized carbons (Fsp3) is 0.250. The third kappa shape index (κ3) is 3.86. The van der Waals surface area contributed by atoms with E-state index in [-0.39, 0.29) is 11.3 Å². The van der Waals surface area contributed by atoms with E-state index in [1.807, 2.05) is 0 Å². The molecule has 0 radical (unpaired) electrons. The van der Waals surface area contributed by atoms with E-state index >= 15 is 0 Å². The number of hydrogen-bond acceptors (Lipinski definition) is 4.